The van der Waals surface area contributed by atoms with Crippen LogP contribution >= 0.6 is 0 Å². The lowest BCUT2D eigenvalue weighted by molar-refractivity contribution is -0.389. The minimum absolute atomic E-state index is 0.182. The van der Waals surface area contributed by atoms with Gasteiger partial charge in [-0.25, -0.2) is 0 Å². The minimum atomic E-state index is -1.11. The summed E-state index contributed by atoms with van der Waals surface area (Å²) in [7, 11) is -1.11. The third-order valence-corrected chi connectivity index (χ3v) is 4.11. The van der Waals surface area contributed by atoms with Crippen LogP contribution in [0.3, 0.4) is 0 Å². The topological polar surface area (TPSA) is 70.2 Å². The summed E-state index contributed by atoms with van der Waals surface area (Å²) < 4.78 is 6.95. The number of rotatable bonds is 7. The van der Waals surface area contributed by atoms with E-state index in [0.29, 0.717) is 12.3 Å². The van der Waals surface area contributed by atoms with Gasteiger partial charge in [-0.05, 0) is 17.0 Å². The molecule has 0 unspecified atom stereocenters. The second-order valence-electron chi connectivity index (χ2n) is 5.24. The van der Waals surface area contributed by atoms with Crippen molar-refractivity contribution in [1.82, 2.24) is 9.78 Å². The number of nitro groups is 1. The molecule has 1 aromatic heterocycles. The quantitative estimate of drug-likeness (QED) is 0.330. The predicted octanol–water partition coefficient (Wildman–Crippen LogP) is 2.75. The lowest BCUT2D eigenvalue weighted by atomic mass is 10.4. The van der Waals surface area contributed by atoms with Crippen LogP contribution in [0.4, 0.5) is 5.82 Å². The molecule has 0 saturated carbocycles. The third kappa shape index (κ3) is 4.42. The van der Waals surface area contributed by atoms with E-state index in [0.717, 1.165) is 6.04 Å². The zero-order chi connectivity index (χ0) is 13.8. The smallest absolute Gasteiger partial charge is 0.358 e. The maximum atomic E-state index is 10.6. The van der Waals surface area contributed by atoms with E-state index in [-0.39, 0.29) is 12.5 Å². The zero-order valence-corrected chi connectivity index (χ0v) is 12.0. The van der Waals surface area contributed by atoms with Crippen LogP contribution in [0.25, 0.3) is 6.08 Å². The minimum Gasteiger partial charge on any atom is -0.358 e. The first-order valence-electron chi connectivity index (χ1n) is 5.76. The van der Waals surface area contributed by atoms with Crippen LogP contribution in [0.1, 0.15) is 5.69 Å². The van der Waals surface area contributed by atoms with Crippen LogP contribution in [0.5, 0.6) is 0 Å². The molecule has 0 aliphatic rings. The molecule has 0 radical (unpaired) electrons. The number of ether oxygens (including phenoxy) is 1. The highest BCUT2D eigenvalue weighted by Gasteiger charge is 2.17. The van der Waals surface area contributed by atoms with Crippen LogP contribution in [0.2, 0.25) is 25.7 Å². The van der Waals surface area contributed by atoms with Crippen LogP contribution < -0.4 is 0 Å². The zero-order valence-electron chi connectivity index (χ0n) is 11.0. The van der Waals surface area contributed by atoms with E-state index in [1.54, 1.807) is 0 Å². The van der Waals surface area contributed by atoms with Gasteiger partial charge in [0.05, 0.1) is 16.9 Å². The molecule has 0 fully saturated rings. The maximum Gasteiger partial charge on any atom is 0.390 e. The Morgan fingerprint density at radius 1 is 1.61 bits per heavy atom. The first-order valence-corrected chi connectivity index (χ1v) is 9.46. The van der Waals surface area contributed by atoms with E-state index in [1.807, 2.05) is 0 Å². The largest absolute Gasteiger partial charge is 0.390 e. The van der Waals surface area contributed by atoms with Crippen molar-refractivity contribution in [3.05, 3.63) is 28.5 Å². The molecule has 0 atom stereocenters. The molecule has 0 aliphatic carbocycles. The van der Waals surface area contributed by atoms with Gasteiger partial charge in [0.2, 0.25) is 0 Å². The Kier molecular flexibility index (Phi) is 4.80. The Balaban J connectivity index is 2.56. The molecule has 0 aromatic carbocycles. The van der Waals surface area contributed by atoms with Crippen LogP contribution in [-0.2, 0) is 11.5 Å². The van der Waals surface area contributed by atoms with Gasteiger partial charge in [0.15, 0.2) is 6.73 Å². The average molecular weight is 269 g/mol. The van der Waals surface area contributed by atoms with Crippen molar-refractivity contribution in [2.24, 2.45) is 0 Å². The molecule has 0 bridgehead atoms. The van der Waals surface area contributed by atoms with Gasteiger partial charge in [0.25, 0.3) is 0 Å². The Morgan fingerprint density at radius 2 is 2.28 bits per heavy atom. The molecule has 0 amide bonds. The maximum absolute atomic E-state index is 10.6. The Morgan fingerprint density at radius 3 is 2.78 bits per heavy atom. The normalized spacial score (nSPS) is 11.5. The summed E-state index contributed by atoms with van der Waals surface area (Å²) in [6.45, 7) is 11.3. The molecule has 7 heteroatoms. The van der Waals surface area contributed by atoms with E-state index < -0.39 is 13.0 Å². The van der Waals surface area contributed by atoms with Crippen molar-refractivity contribution in [3.63, 3.8) is 0 Å². The molecule has 0 saturated heterocycles. The number of hydrogen-bond donors (Lipinski definition) is 0. The van der Waals surface area contributed by atoms with Gasteiger partial charge in [-0.3, -0.25) is 0 Å². The Hall–Kier alpha value is -1.47. The molecule has 1 aromatic rings. The van der Waals surface area contributed by atoms with Crippen molar-refractivity contribution in [2.45, 2.75) is 32.4 Å². The summed E-state index contributed by atoms with van der Waals surface area (Å²) in [6.07, 6.45) is 1.53. The first-order chi connectivity index (χ1) is 8.33. The summed E-state index contributed by atoms with van der Waals surface area (Å²) >= 11 is 0. The second kappa shape index (κ2) is 5.92. The number of hydrogen-bond acceptors (Lipinski definition) is 4. The summed E-state index contributed by atoms with van der Waals surface area (Å²) in [4.78, 5) is 10.1. The van der Waals surface area contributed by atoms with Crippen molar-refractivity contribution in [1.29, 1.82) is 0 Å². The highest BCUT2D eigenvalue weighted by Crippen LogP contribution is 2.13. The van der Waals surface area contributed by atoms with Gasteiger partial charge in [-0.15, -0.1) is 4.68 Å². The van der Waals surface area contributed by atoms with Gasteiger partial charge in [0, 0.05) is 14.7 Å². The van der Waals surface area contributed by atoms with E-state index in [9.17, 15) is 10.1 Å². The van der Waals surface area contributed by atoms with E-state index in [4.69, 9.17) is 4.74 Å². The summed E-state index contributed by atoms with van der Waals surface area (Å²) in [6, 6.07) is 2.44. The van der Waals surface area contributed by atoms with Crippen LogP contribution in [0, 0.1) is 10.1 Å². The fraction of sp³-hybridized carbons (Fsp3) is 0.545. The third-order valence-electron chi connectivity index (χ3n) is 2.40. The lowest BCUT2D eigenvalue weighted by Crippen LogP contribution is -2.22. The van der Waals surface area contributed by atoms with Crippen molar-refractivity contribution < 1.29 is 9.66 Å². The fourth-order valence-corrected chi connectivity index (χ4v) is 2.06. The molecular formula is C11H19N3O3Si. The van der Waals surface area contributed by atoms with Crippen LogP contribution in [-0.4, -0.2) is 29.4 Å². The van der Waals surface area contributed by atoms with Crippen molar-refractivity contribution >= 4 is 20.0 Å². The number of nitrogens with zero attached hydrogens (tertiary/aromatic N) is 3. The van der Waals surface area contributed by atoms with Gasteiger partial charge in [-0.1, -0.05) is 26.2 Å². The van der Waals surface area contributed by atoms with Crippen molar-refractivity contribution in [3.8, 4) is 0 Å². The molecule has 1 rings (SSSR count). The second-order valence-corrected chi connectivity index (χ2v) is 10.9. The first kappa shape index (κ1) is 14.6. The highest BCUT2D eigenvalue weighted by molar-refractivity contribution is 6.76. The molecular weight excluding hydrogens is 250 g/mol. The van der Waals surface area contributed by atoms with Crippen molar-refractivity contribution in [2.75, 3.05) is 6.61 Å². The molecule has 6 nitrogen and oxygen atoms in total. The summed E-state index contributed by atoms with van der Waals surface area (Å²) in [5.74, 6) is -0.182. The molecule has 0 aliphatic heterocycles. The predicted molar refractivity (Wildman–Crippen MR) is 73.1 cm³/mol. The van der Waals surface area contributed by atoms with Gasteiger partial charge >= 0.3 is 5.82 Å². The van der Waals surface area contributed by atoms with E-state index >= 15 is 0 Å². The molecule has 1 heterocycles. The molecule has 100 valence electrons. The van der Waals surface area contributed by atoms with Gasteiger partial charge in [-0.2, -0.15) is 0 Å². The van der Waals surface area contributed by atoms with E-state index in [1.165, 1.54) is 16.8 Å². The standard InChI is InChI=1S/C11H19N3O3Si/c1-5-10-8-11(14(15)16)12-13(10)9-17-6-7-18(2,3)4/h5,8H,1,6-7,9H2,2-4H3. The lowest BCUT2D eigenvalue weighted by Gasteiger charge is -2.14. The Bertz CT molecular complexity index is 437. The SMILES string of the molecule is C=Cc1cc([N+](=O)[O-])nn1COCC[Si](C)(C)C. The molecule has 0 N–H and O–H groups in total. The highest BCUT2D eigenvalue weighted by atomic mass is 28.3. The molecule has 0 spiro atoms. The van der Waals surface area contributed by atoms with Crippen LogP contribution in [0.15, 0.2) is 12.6 Å². The summed E-state index contributed by atoms with van der Waals surface area (Å²) in [5.41, 5.74) is 0.592. The Labute approximate surface area is 107 Å². The van der Waals surface area contributed by atoms with Gasteiger partial charge < -0.3 is 14.9 Å². The average Bonchev–Trinajstić information content (AvgIpc) is 2.66. The molecule has 18 heavy (non-hydrogen) atoms. The number of aromatic nitrogens is 2. The fourth-order valence-electron chi connectivity index (χ4n) is 1.30. The van der Waals surface area contributed by atoms with E-state index in [2.05, 4.69) is 31.3 Å². The summed E-state index contributed by atoms with van der Waals surface area (Å²) in [5, 5.41) is 14.5. The monoisotopic (exact) mass is 269 g/mol. The van der Waals surface area contributed by atoms with Gasteiger partial charge in [0.1, 0.15) is 0 Å².